The second-order valence-electron chi connectivity index (χ2n) is 8.72. The van der Waals surface area contributed by atoms with E-state index in [1.807, 2.05) is 0 Å². The van der Waals surface area contributed by atoms with E-state index in [9.17, 15) is 61.5 Å². The largest absolute Gasteiger partial charge is 0.726 e. The van der Waals surface area contributed by atoms with Crippen molar-refractivity contribution in [3.8, 4) is 0 Å². The summed E-state index contributed by atoms with van der Waals surface area (Å²) >= 11 is 0. The lowest BCUT2D eigenvalue weighted by Gasteiger charge is -2.45. The number of carbonyl (C=O) groups is 2. The first kappa shape index (κ1) is 38.7. The molecule has 258 valence electrons. The van der Waals surface area contributed by atoms with Crippen LogP contribution in [0.1, 0.15) is 12.5 Å². The number of amides is 2. The fourth-order valence-electron chi connectivity index (χ4n) is 3.71. The molecule has 0 unspecified atom stereocenters. The Labute approximate surface area is 257 Å². The fourth-order valence-corrected chi connectivity index (χ4v) is 5.48. The molecule has 5 atom stereocenters. The molecule has 0 aliphatic carbocycles. The second kappa shape index (κ2) is 15.9. The molecule has 1 heterocycles. The maximum atomic E-state index is 12.4. The van der Waals surface area contributed by atoms with Crippen molar-refractivity contribution in [2.24, 2.45) is 0 Å². The third kappa shape index (κ3) is 15.1. The van der Waals surface area contributed by atoms with Gasteiger partial charge in [-0.15, -0.1) is 0 Å². The Balaban J connectivity index is 2.26. The van der Waals surface area contributed by atoms with Gasteiger partial charge in [0, 0.05) is 20.0 Å². The molecule has 0 bridgehead atoms. The first-order valence-corrected chi connectivity index (χ1v) is 17.2. The molecule has 1 fully saturated rings. The Bertz CT molecular complexity index is 1600. The smallest absolute Gasteiger partial charge is 0.239 e. The molecule has 1 aliphatic heterocycles. The summed E-state index contributed by atoms with van der Waals surface area (Å²) in [5, 5.41) is 2.30. The van der Waals surface area contributed by atoms with E-state index >= 15 is 0 Å². The van der Waals surface area contributed by atoms with Crippen molar-refractivity contribution in [1.82, 2.24) is 10.2 Å². The molecule has 1 aliphatic rings. The highest BCUT2D eigenvalue weighted by molar-refractivity contribution is 7.81. The van der Waals surface area contributed by atoms with E-state index in [1.54, 1.807) is 30.3 Å². The van der Waals surface area contributed by atoms with E-state index in [0.29, 0.717) is 5.56 Å². The molecule has 26 heteroatoms. The topological polar surface area (TPSA) is 334 Å². The van der Waals surface area contributed by atoms with Gasteiger partial charge in [-0.1, -0.05) is 30.3 Å². The molecule has 1 aromatic rings. The van der Waals surface area contributed by atoms with Crippen molar-refractivity contribution in [3.63, 3.8) is 0 Å². The van der Waals surface area contributed by atoms with E-state index in [0.717, 1.165) is 0 Å². The van der Waals surface area contributed by atoms with Gasteiger partial charge in [0.1, 0.15) is 18.3 Å². The van der Waals surface area contributed by atoms with Crippen LogP contribution < -0.4 is 5.32 Å². The van der Waals surface area contributed by atoms with Crippen LogP contribution in [0.2, 0.25) is 0 Å². The Morgan fingerprint density at radius 3 is 1.87 bits per heavy atom. The van der Waals surface area contributed by atoms with Crippen LogP contribution >= 0.6 is 0 Å². The van der Waals surface area contributed by atoms with Gasteiger partial charge in [0.05, 0.1) is 19.8 Å². The van der Waals surface area contributed by atoms with Crippen molar-refractivity contribution >= 4 is 53.4 Å². The average Bonchev–Trinajstić information content (AvgIpc) is 2.86. The predicted molar refractivity (Wildman–Crippen MR) is 135 cm³/mol. The molecule has 0 aromatic heterocycles. The van der Waals surface area contributed by atoms with Crippen molar-refractivity contribution in [3.05, 3.63) is 35.9 Å². The van der Waals surface area contributed by atoms with E-state index in [1.165, 1.54) is 11.8 Å². The normalized spacial score (nSPS) is 22.9. The first-order chi connectivity index (χ1) is 20.5. The minimum atomic E-state index is -5.99. The number of carbonyl (C=O) groups excluding carboxylic acids is 2. The van der Waals surface area contributed by atoms with Gasteiger partial charge in [-0.25, -0.2) is 33.7 Å². The molecular formula is C19H24N2O20S4-4. The molecule has 2 rings (SSSR count). The predicted octanol–water partition coefficient (Wildman–Crippen LogP) is -4.09. The lowest BCUT2D eigenvalue weighted by Crippen LogP contribution is -2.63. The summed E-state index contributed by atoms with van der Waals surface area (Å²) in [6.45, 7) is -1.97. The average molecular weight is 729 g/mol. The lowest BCUT2D eigenvalue weighted by atomic mass is 9.99. The second-order valence-corrected chi connectivity index (χ2v) is 12.8. The van der Waals surface area contributed by atoms with Crippen LogP contribution in [0.3, 0.4) is 0 Å². The number of rotatable bonds is 17. The molecule has 0 spiro atoms. The number of nitrogens with zero attached hydrogens (tertiary/aromatic N) is 1. The van der Waals surface area contributed by atoms with E-state index in [-0.39, 0.29) is 6.54 Å². The monoisotopic (exact) mass is 728 g/mol. The quantitative estimate of drug-likeness (QED) is 0.0904. The molecule has 1 saturated heterocycles. The van der Waals surface area contributed by atoms with Crippen LogP contribution in [-0.4, -0.2) is 126 Å². The molecule has 22 nitrogen and oxygen atoms in total. The van der Waals surface area contributed by atoms with E-state index in [2.05, 4.69) is 22.0 Å². The summed E-state index contributed by atoms with van der Waals surface area (Å²) in [4.78, 5) is 25.5. The van der Waals surface area contributed by atoms with Gasteiger partial charge in [-0.2, -0.15) is 0 Å². The van der Waals surface area contributed by atoms with Crippen LogP contribution in [0.15, 0.2) is 30.3 Å². The Morgan fingerprint density at radius 2 is 1.36 bits per heavy atom. The maximum Gasteiger partial charge on any atom is 0.239 e. The summed E-state index contributed by atoms with van der Waals surface area (Å²) in [5.74, 6) is -1.21. The number of benzene rings is 1. The Hall–Kier alpha value is -2.44. The molecule has 0 radical (unpaired) electrons. The number of nitrogens with one attached hydrogen (secondary N) is 1. The fraction of sp³-hybridized carbons (Fsp3) is 0.579. The van der Waals surface area contributed by atoms with E-state index in [4.69, 9.17) is 9.47 Å². The standard InChI is InChI=1S/C19H28N2O20S4/c1-12(22)21(9-13-5-3-2-4-6-13)10-15(23)20-7-8-36-19-18(41-45(33,34)35)17(40-44(30,31)32)16(39-43(27,28)29)14(38-19)11-37-42(24,25)26/h2-6,14,16-19H,7-11H2,1H3,(H,20,23)(H,24,25,26)(H,27,28,29)(H,30,31,32)(H,33,34,35)/p-4/t14-,16+,17-,18+,19-/m0/s1. The van der Waals surface area contributed by atoms with Crippen molar-refractivity contribution in [2.45, 2.75) is 44.2 Å². The summed E-state index contributed by atoms with van der Waals surface area (Å²) < 4.78 is 161. The number of hydrogen-bond acceptors (Lipinski definition) is 20. The molecule has 1 aromatic carbocycles. The molecule has 1 N–H and O–H groups in total. The number of hydrogen-bond donors (Lipinski definition) is 1. The van der Waals surface area contributed by atoms with Gasteiger partial charge in [0.25, 0.3) is 0 Å². The Kier molecular flexibility index (Phi) is 13.7. The molecule has 0 saturated carbocycles. The van der Waals surface area contributed by atoms with Crippen molar-refractivity contribution in [1.29, 1.82) is 0 Å². The van der Waals surface area contributed by atoms with Gasteiger partial charge in [-0.3, -0.25) is 26.3 Å². The highest BCUT2D eigenvalue weighted by Crippen LogP contribution is 2.31. The first-order valence-electron chi connectivity index (χ1n) is 11.9. The van der Waals surface area contributed by atoms with Gasteiger partial charge >= 0.3 is 0 Å². The van der Waals surface area contributed by atoms with Gasteiger partial charge in [0.15, 0.2) is 12.4 Å². The van der Waals surface area contributed by atoms with E-state index < -0.39 is 110 Å². The van der Waals surface area contributed by atoms with Crippen LogP contribution in [-0.2, 0) is 83.9 Å². The minimum Gasteiger partial charge on any atom is -0.726 e. The summed E-state index contributed by atoms with van der Waals surface area (Å²) in [5.41, 5.74) is 0.699. The van der Waals surface area contributed by atoms with Crippen molar-refractivity contribution < 1.29 is 87.7 Å². The van der Waals surface area contributed by atoms with Crippen molar-refractivity contribution in [2.75, 3.05) is 26.3 Å². The maximum absolute atomic E-state index is 12.4. The van der Waals surface area contributed by atoms with Crippen LogP contribution in [0.4, 0.5) is 0 Å². The SMILES string of the molecule is CC(=O)N(CC(=O)NCCO[C@H]1O[C@@H](COS(=O)(=O)[O-])[C@@H](OS(=O)(=O)[O-])[C@H](OS(=O)(=O)[O-])[C@H]1OS(=O)(=O)[O-])Cc1ccccc1. The number of ether oxygens (including phenoxy) is 2. The zero-order valence-electron chi connectivity index (χ0n) is 22.6. The highest BCUT2D eigenvalue weighted by Gasteiger charge is 2.52. The summed E-state index contributed by atoms with van der Waals surface area (Å²) in [6.07, 6.45) is -13.2. The zero-order chi connectivity index (χ0) is 34.2. The van der Waals surface area contributed by atoms with Gasteiger partial charge in [0.2, 0.25) is 53.4 Å². The third-order valence-electron chi connectivity index (χ3n) is 5.36. The highest BCUT2D eigenvalue weighted by atomic mass is 32.3. The summed E-state index contributed by atoms with van der Waals surface area (Å²) in [6, 6.07) is 8.56. The lowest BCUT2D eigenvalue weighted by molar-refractivity contribution is -0.286. The zero-order valence-corrected chi connectivity index (χ0v) is 25.8. The molecule has 45 heavy (non-hydrogen) atoms. The van der Waals surface area contributed by atoms with Gasteiger partial charge in [-0.05, 0) is 5.56 Å². The third-order valence-corrected chi connectivity index (χ3v) is 7.16. The van der Waals surface area contributed by atoms with Crippen LogP contribution in [0.5, 0.6) is 0 Å². The minimum absolute atomic E-state index is 0.0631. The van der Waals surface area contributed by atoms with Gasteiger partial charge < -0.3 is 37.9 Å². The summed E-state index contributed by atoms with van der Waals surface area (Å²) in [7, 11) is -23.4. The van der Waals surface area contributed by atoms with Crippen LogP contribution in [0.25, 0.3) is 0 Å². The molecular weight excluding hydrogens is 704 g/mol. The Morgan fingerprint density at radius 1 is 0.822 bits per heavy atom. The molecule has 2 amide bonds. The van der Waals surface area contributed by atoms with Crippen LogP contribution in [0, 0.1) is 0 Å².